The van der Waals surface area contributed by atoms with Gasteiger partial charge in [0.25, 0.3) is 0 Å². The SMILES string of the molecule is CCCC(NC(=O)NCCCN1CCCCC1C)C(=O)O. The maximum atomic E-state index is 11.6. The van der Waals surface area contributed by atoms with Gasteiger partial charge in [-0.25, -0.2) is 9.59 Å². The molecule has 21 heavy (non-hydrogen) atoms. The van der Waals surface area contributed by atoms with E-state index in [9.17, 15) is 9.59 Å². The molecule has 2 unspecified atom stereocenters. The van der Waals surface area contributed by atoms with Crippen molar-refractivity contribution < 1.29 is 14.7 Å². The van der Waals surface area contributed by atoms with Crippen LogP contribution >= 0.6 is 0 Å². The summed E-state index contributed by atoms with van der Waals surface area (Å²) in [4.78, 5) is 25.1. The number of piperidine rings is 1. The van der Waals surface area contributed by atoms with Crippen LogP contribution in [0.2, 0.25) is 0 Å². The summed E-state index contributed by atoms with van der Waals surface area (Å²) in [7, 11) is 0. The van der Waals surface area contributed by atoms with Gasteiger partial charge in [0, 0.05) is 19.1 Å². The maximum absolute atomic E-state index is 11.6. The predicted octanol–water partition coefficient (Wildman–Crippen LogP) is 1.80. The number of carboxylic acid groups (broad SMARTS) is 1. The van der Waals surface area contributed by atoms with E-state index >= 15 is 0 Å². The normalized spacial score (nSPS) is 20.8. The van der Waals surface area contributed by atoms with Crippen LogP contribution in [0, 0.1) is 0 Å². The third-order valence-electron chi connectivity index (χ3n) is 4.03. The van der Waals surface area contributed by atoms with Gasteiger partial charge in [-0.15, -0.1) is 0 Å². The van der Waals surface area contributed by atoms with E-state index < -0.39 is 12.0 Å². The molecule has 0 aromatic heterocycles. The van der Waals surface area contributed by atoms with Gasteiger partial charge in [0.15, 0.2) is 0 Å². The molecule has 0 radical (unpaired) electrons. The lowest BCUT2D eigenvalue weighted by molar-refractivity contribution is -0.139. The summed E-state index contributed by atoms with van der Waals surface area (Å²) in [5, 5.41) is 14.2. The Morgan fingerprint density at radius 2 is 2.14 bits per heavy atom. The zero-order valence-corrected chi connectivity index (χ0v) is 13.2. The molecule has 0 aromatic carbocycles. The molecule has 0 bridgehead atoms. The number of carbonyl (C=O) groups excluding carboxylic acids is 1. The van der Waals surface area contributed by atoms with Crippen molar-refractivity contribution in [3.8, 4) is 0 Å². The van der Waals surface area contributed by atoms with Crippen molar-refractivity contribution in [1.82, 2.24) is 15.5 Å². The van der Waals surface area contributed by atoms with Crippen molar-refractivity contribution in [2.75, 3.05) is 19.6 Å². The van der Waals surface area contributed by atoms with Crippen molar-refractivity contribution in [1.29, 1.82) is 0 Å². The number of nitrogens with zero attached hydrogens (tertiary/aromatic N) is 1. The molecule has 122 valence electrons. The lowest BCUT2D eigenvalue weighted by atomic mass is 10.0. The van der Waals surface area contributed by atoms with Crippen LogP contribution in [0.5, 0.6) is 0 Å². The maximum Gasteiger partial charge on any atom is 0.326 e. The lowest BCUT2D eigenvalue weighted by Crippen LogP contribution is -2.46. The minimum absolute atomic E-state index is 0.387. The van der Waals surface area contributed by atoms with Gasteiger partial charge in [-0.3, -0.25) is 0 Å². The molecule has 6 nitrogen and oxygen atoms in total. The summed E-state index contributed by atoms with van der Waals surface area (Å²) in [6.45, 7) is 6.86. The molecule has 1 aliphatic rings. The van der Waals surface area contributed by atoms with E-state index in [-0.39, 0.29) is 6.03 Å². The van der Waals surface area contributed by atoms with Crippen molar-refractivity contribution in [3.05, 3.63) is 0 Å². The van der Waals surface area contributed by atoms with E-state index in [2.05, 4.69) is 22.5 Å². The Morgan fingerprint density at radius 1 is 1.38 bits per heavy atom. The number of carbonyl (C=O) groups is 2. The second-order valence-electron chi connectivity index (χ2n) is 5.81. The molecule has 0 aliphatic carbocycles. The number of amides is 2. The van der Waals surface area contributed by atoms with Crippen LogP contribution in [0.4, 0.5) is 4.79 Å². The van der Waals surface area contributed by atoms with Crippen LogP contribution in [0.1, 0.15) is 52.4 Å². The van der Waals surface area contributed by atoms with Gasteiger partial charge in [-0.05, 0) is 39.2 Å². The summed E-state index contributed by atoms with van der Waals surface area (Å²) in [6, 6.07) is -0.548. The first kappa shape index (κ1) is 17.8. The van der Waals surface area contributed by atoms with Crippen molar-refractivity contribution >= 4 is 12.0 Å². The van der Waals surface area contributed by atoms with Crippen molar-refractivity contribution in [2.45, 2.75) is 64.5 Å². The zero-order chi connectivity index (χ0) is 15.7. The number of nitrogens with one attached hydrogen (secondary N) is 2. The first-order valence-corrected chi connectivity index (χ1v) is 8.05. The largest absolute Gasteiger partial charge is 0.480 e. The number of aliphatic carboxylic acids is 1. The Bertz CT molecular complexity index is 336. The monoisotopic (exact) mass is 299 g/mol. The average Bonchev–Trinajstić information content (AvgIpc) is 2.44. The molecule has 1 saturated heterocycles. The lowest BCUT2D eigenvalue weighted by Gasteiger charge is -2.33. The van der Waals surface area contributed by atoms with Crippen LogP contribution < -0.4 is 10.6 Å². The first-order chi connectivity index (χ1) is 10.0. The van der Waals surface area contributed by atoms with Crippen LogP contribution in [0.25, 0.3) is 0 Å². The number of carboxylic acids is 1. The van der Waals surface area contributed by atoms with Gasteiger partial charge in [0.2, 0.25) is 0 Å². The quantitative estimate of drug-likeness (QED) is 0.597. The van der Waals surface area contributed by atoms with Gasteiger partial charge in [-0.2, -0.15) is 0 Å². The number of likely N-dealkylation sites (tertiary alicyclic amines) is 1. The van der Waals surface area contributed by atoms with E-state index in [1.165, 1.54) is 19.3 Å². The minimum Gasteiger partial charge on any atom is -0.480 e. The van der Waals surface area contributed by atoms with Gasteiger partial charge < -0.3 is 20.6 Å². The van der Waals surface area contributed by atoms with E-state index in [0.717, 1.165) is 25.9 Å². The second kappa shape index (κ2) is 9.60. The summed E-state index contributed by atoms with van der Waals surface area (Å²) in [5.41, 5.74) is 0. The summed E-state index contributed by atoms with van der Waals surface area (Å²) in [5.74, 6) is -0.978. The fraction of sp³-hybridized carbons (Fsp3) is 0.867. The molecule has 0 spiro atoms. The van der Waals surface area contributed by atoms with E-state index in [1.807, 2.05) is 6.92 Å². The third-order valence-corrected chi connectivity index (χ3v) is 4.03. The zero-order valence-electron chi connectivity index (χ0n) is 13.2. The highest BCUT2D eigenvalue weighted by Gasteiger charge is 2.19. The molecule has 0 aromatic rings. The highest BCUT2D eigenvalue weighted by molar-refractivity contribution is 5.82. The molecular formula is C15H29N3O3. The predicted molar refractivity (Wildman–Crippen MR) is 82.4 cm³/mol. The van der Waals surface area contributed by atoms with E-state index in [0.29, 0.717) is 19.0 Å². The highest BCUT2D eigenvalue weighted by Crippen LogP contribution is 2.15. The molecule has 6 heteroatoms. The smallest absolute Gasteiger partial charge is 0.326 e. The Morgan fingerprint density at radius 3 is 2.76 bits per heavy atom. The molecule has 1 heterocycles. The number of hydrogen-bond acceptors (Lipinski definition) is 3. The highest BCUT2D eigenvalue weighted by atomic mass is 16.4. The Balaban J connectivity index is 2.16. The van der Waals surface area contributed by atoms with Crippen molar-refractivity contribution in [2.24, 2.45) is 0 Å². The van der Waals surface area contributed by atoms with Gasteiger partial charge in [0.05, 0.1) is 0 Å². The Kier molecular flexibility index (Phi) is 8.12. The molecular weight excluding hydrogens is 270 g/mol. The van der Waals surface area contributed by atoms with Gasteiger partial charge in [-0.1, -0.05) is 19.8 Å². The van der Waals surface area contributed by atoms with Gasteiger partial charge >= 0.3 is 12.0 Å². The second-order valence-corrected chi connectivity index (χ2v) is 5.81. The summed E-state index contributed by atoms with van der Waals surface area (Å²) in [6.07, 6.45) is 5.90. The fourth-order valence-electron chi connectivity index (χ4n) is 2.73. The fourth-order valence-corrected chi connectivity index (χ4v) is 2.73. The standard InChI is InChI=1S/C15H29N3O3/c1-3-7-13(14(19)20)17-15(21)16-9-6-11-18-10-5-4-8-12(18)2/h12-13H,3-11H2,1-2H3,(H,19,20)(H2,16,17,21). The summed E-state index contributed by atoms with van der Waals surface area (Å²) >= 11 is 0. The number of rotatable bonds is 8. The average molecular weight is 299 g/mol. The topological polar surface area (TPSA) is 81.7 Å². The molecule has 2 amide bonds. The van der Waals surface area contributed by atoms with Crippen LogP contribution in [-0.2, 0) is 4.79 Å². The van der Waals surface area contributed by atoms with E-state index in [4.69, 9.17) is 5.11 Å². The first-order valence-electron chi connectivity index (χ1n) is 8.05. The molecule has 1 fully saturated rings. The summed E-state index contributed by atoms with van der Waals surface area (Å²) < 4.78 is 0. The van der Waals surface area contributed by atoms with Crippen molar-refractivity contribution in [3.63, 3.8) is 0 Å². The molecule has 1 rings (SSSR count). The van der Waals surface area contributed by atoms with Crippen LogP contribution in [0.15, 0.2) is 0 Å². The van der Waals surface area contributed by atoms with Crippen LogP contribution in [0.3, 0.4) is 0 Å². The molecule has 2 atom stereocenters. The van der Waals surface area contributed by atoms with Crippen LogP contribution in [-0.4, -0.2) is 53.7 Å². The molecule has 3 N–H and O–H groups in total. The number of urea groups is 1. The Labute approximate surface area is 127 Å². The Hall–Kier alpha value is -1.30. The molecule has 1 aliphatic heterocycles. The third kappa shape index (κ3) is 6.80. The van der Waals surface area contributed by atoms with Gasteiger partial charge in [0.1, 0.15) is 6.04 Å². The number of hydrogen-bond donors (Lipinski definition) is 3. The molecule has 0 saturated carbocycles. The minimum atomic E-state index is -0.978. The van der Waals surface area contributed by atoms with E-state index in [1.54, 1.807) is 0 Å².